The van der Waals surface area contributed by atoms with Gasteiger partial charge in [0.15, 0.2) is 0 Å². The molecule has 0 N–H and O–H groups in total. The predicted molar refractivity (Wildman–Crippen MR) is 47.5 cm³/mol. The van der Waals surface area contributed by atoms with E-state index in [2.05, 4.69) is 9.05 Å². The fraction of sp³-hybridized carbons (Fsp3) is 1.00. The van der Waals surface area contributed by atoms with Crippen molar-refractivity contribution >= 4 is 7.60 Å². The van der Waals surface area contributed by atoms with Crippen LogP contribution < -0.4 is 0 Å². The Morgan fingerprint density at radius 1 is 0.609 bits per heavy atom. The number of alkyl halides is 12. The number of hydrogen-bond donors (Lipinski definition) is 0. The molecule has 23 heavy (non-hydrogen) atoms. The Bertz CT molecular complexity index is 380. The maximum absolute atomic E-state index is 12.1. The molecule has 140 valence electrons. The Morgan fingerprint density at radius 3 is 0.913 bits per heavy atom. The molecule has 0 radical (unpaired) electrons. The molecule has 0 saturated carbocycles. The molecule has 0 heterocycles. The second-order valence-corrected chi connectivity index (χ2v) is 5.87. The van der Waals surface area contributed by atoms with Crippen LogP contribution in [0.4, 0.5) is 52.7 Å². The minimum absolute atomic E-state index is 0.387. The maximum Gasteiger partial charge on any atom is 0.424 e. The second-order valence-electron chi connectivity index (χ2n) is 3.91. The Kier molecular flexibility index (Phi) is 6.13. The molecule has 16 heteroatoms. The molecule has 0 amide bonds. The lowest BCUT2D eigenvalue weighted by Crippen LogP contribution is -2.46. The van der Waals surface area contributed by atoms with Gasteiger partial charge in [-0.15, -0.1) is 0 Å². The van der Waals surface area contributed by atoms with Crippen molar-refractivity contribution in [3.8, 4) is 0 Å². The molecule has 0 rings (SSSR count). The van der Waals surface area contributed by atoms with Gasteiger partial charge in [-0.3, -0.25) is 13.6 Å². The first-order valence-electron chi connectivity index (χ1n) is 4.89. The minimum Gasteiger partial charge on any atom is -0.286 e. The largest absolute Gasteiger partial charge is 0.424 e. The fourth-order valence-corrected chi connectivity index (χ4v) is 2.31. The summed E-state index contributed by atoms with van der Waals surface area (Å²) in [5, 5.41) is 0. The molecule has 0 aliphatic rings. The first kappa shape index (κ1) is 22.3. The van der Waals surface area contributed by atoms with Crippen molar-refractivity contribution in [1.82, 2.24) is 0 Å². The number of hydrogen-bond acceptors (Lipinski definition) is 3. The molecule has 3 nitrogen and oxygen atoms in total. The molecule has 0 saturated heterocycles. The fourth-order valence-electron chi connectivity index (χ4n) is 1.02. The van der Waals surface area contributed by atoms with Crippen molar-refractivity contribution in [2.24, 2.45) is 0 Å². The van der Waals surface area contributed by atoms with Crippen LogP contribution >= 0.6 is 7.60 Å². The van der Waals surface area contributed by atoms with Gasteiger partial charge in [0.1, 0.15) is 0 Å². The van der Waals surface area contributed by atoms with Crippen LogP contribution in [0, 0.1) is 0 Å². The summed E-state index contributed by atoms with van der Waals surface area (Å²) in [6, 6.07) is 0. The van der Waals surface area contributed by atoms with Gasteiger partial charge < -0.3 is 0 Å². The Morgan fingerprint density at radius 2 is 0.783 bits per heavy atom. The predicted octanol–water partition coefficient (Wildman–Crippen LogP) is 4.83. The van der Waals surface area contributed by atoms with Crippen molar-refractivity contribution in [3.63, 3.8) is 0 Å². The highest BCUT2D eigenvalue weighted by Crippen LogP contribution is 2.55. The molecular weight excluding hydrogens is 391 g/mol. The van der Waals surface area contributed by atoms with Crippen LogP contribution in [0.1, 0.15) is 0 Å². The first-order valence-corrected chi connectivity index (χ1v) is 6.88. The van der Waals surface area contributed by atoms with E-state index in [0.29, 0.717) is 0 Å². The zero-order valence-electron chi connectivity index (χ0n) is 10.4. The molecule has 0 aliphatic carbocycles. The Balaban J connectivity index is 5.52. The van der Waals surface area contributed by atoms with Crippen molar-refractivity contribution in [1.29, 1.82) is 0 Å². The SMILES string of the molecule is CP(=O)(OC(C(F)(F)F)C(F)(F)F)OC(C(F)(F)F)C(F)(F)F. The van der Waals surface area contributed by atoms with Crippen LogP contribution in [0.3, 0.4) is 0 Å². The van der Waals surface area contributed by atoms with Gasteiger partial charge in [0, 0.05) is 6.66 Å². The summed E-state index contributed by atoms with van der Waals surface area (Å²) in [5.74, 6) is 0. The molecule has 0 aromatic carbocycles. The average Bonchev–Trinajstić information content (AvgIpc) is 2.16. The van der Waals surface area contributed by atoms with E-state index >= 15 is 0 Å². The molecular formula is C7H5F12O3P. The van der Waals surface area contributed by atoms with Gasteiger partial charge in [0.05, 0.1) is 0 Å². The topological polar surface area (TPSA) is 35.5 Å². The third-order valence-electron chi connectivity index (χ3n) is 1.78. The van der Waals surface area contributed by atoms with Crippen LogP contribution in [0.15, 0.2) is 0 Å². The lowest BCUT2D eigenvalue weighted by atomic mass is 10.3. The van der Waals surface area contributed by atoms with Gasteiger partial charge in [0.2, 0.25) is 0 Å². The quantitative estimate of drug-likeness (QED) is 0.505. The molecule has 0 spiro atoms. The summed E-state index contributed by atoms with van der Waals surface area (Å²) in [7, 11) is -6.07. The van der Waals surface area contributed by atoms with E-state index in [-0.39, 0.29) is 6.66 Å². The van der Waals surface area contributed by atoms with E-state index in [1.165, 1.54) is 0 Å². The Labute approximate surface area is 119 Å². The van der Waals surface area contributed by atoms with Crippen molar-refractivity contribution in [3.05, 3.63) is 0 Å². The van der Waals surface area contributed by atoms with Gasteiger partial charge >= 0.3 is 32.3 Å². The zero-order chi connectivity index (χ0) is 19.1. The monoisotopic (exact) mass is 396 g/mol. The van der Waals surface area contributed by atoms with Gasteiger partial charge in [-0.05, 0) is 0 Å². The third kappa shape index (κ3) is 7.16. The van der Waals surface area contributed by atoms with Crippen LogP contribution in [0.2, 0.25) is 0 Å². The molecule has 0 aromatic rings. The molecule has 0 aliphatic heterocycles. The van der Waals surface area contributed by atoms with Crippen LogP contribution in [-0.2, 0) is 13.6 Å². The molecule has 0 atom stereocenters. The maximum atomic E-state index is 12.1. The van der Waals surface area contributed by atoms with Crippen molar-refractivity contribution in [2.75, 3.05) is 6.66 Å². The van der Waals surface area contributed by atoms with Gasteiger partial charge in [-0.2, -0.15) is 52.7 Å². The average molecular weight is 396 g/mol. The zero-order valence-corrected chi connectivity index (χ0v) is 11.3. The summed E-state index contributed by atoms with van der Waals surface area (Å²) in [4.78, 5) is 0. The standard InChI is InChI=1S/C7H5F12O3P/c1-23(20,21-2(4(8,9)10)5(11,12)13)22-3(6(14,15)16)7(17,18)19/h2-3H,1H3. The molecule has 0 bridgehead atoms. The summed E-state index contributed by atoms with van der Waals surface area (Å²) in [6.45, 7) is -0.387. The highest BCUT2D eigenvalue weighted by Gasteiger charge is 2.63. The Hall–Kier alpha value is -0.690. The normalized spacial score (nSPS) is 15.6. The summed E-state index contributed by atoms with van der Waals surface area (Å²) in [6.07, 6.45) is -35.0. The highest BCUT2D eigenvalue weighted by atomic mass is 31.2. The molecule has 0 aromatic heterocycles. The number of rotatable bonds is 4. The van der Waals surface area contributed by atoms with Crippen molar-refractivity contribution < 1.29 is 66.3 Å². The lowest BCUT2D eigenvalue weighted by molar-refractivity contribution is -0.313. The molecule has 0 fully saturated rings. The van der Waals surface area contributed by atoms with E-state index in [0.717, 1.165) is 0 Å². The minimum atomic E-state index is -6.31. The van der Waals surface area contributed by atoms with E-state index < -0.39 is 44.5 Å². The van der Waals surface area contributed by atoms with Gasteiger partial charge in [0.25, 0.3) is 12.2 Å². The van der Waals surface area contributed by atoms with E-state index in [4.69, 9.17) is 0 Å². The van der Waals surface area contributed by atoms with E-state index in [1.54, 1.807) is 0 Å². The van der Waals surface area contributed by atoms with Crippen LogP contribution in [0.25, 0.3) is 0 Å². The summed E-state index contributed by atoms with van der Waals surface area (Å²) in [5.41, 5.74) is 0. The van der Waals surface area contributed by atoms with Gasteiger partial charge in [-0.25, -0.2) is 0 Å². The summed E-state index contributed by atoms with van der Waals surface area (Å²) < 4.78 is 162. The van der Waals surface area contributed by atoms with Crippen molar-refractivity contribution in [2.45, 2.75) is 36.9 Å². The summed E-state index contributed by atoms with van der Waals surface area (Å²) >= 11 is 0. The van der Waals surface area contributed by atoms with Gasteiger partial charge in [-0.1, -0.05) is 0 Å². The number of halogens is 12. The van der Waals surface area contributed by atoms with Crippen LogP contribution in [0.5, 0.6) is 0 Å². The van der Waals surface area contributed by atoms with E-state index in [1.807, 2.05) is 0 Å². The second kappa shape index (κ2) is 6.31. The third-order valence-corrected chi connectivity index (χ3v) is 2.97. The highest BCUT2D eigenvalue weighted by molar-refractivity contribution is 7.53. The molecule has 0 unspecified atom stereocenters. The lowest BCUT2D eigenvalue weighted by Gasteiger charge is -2.29. The van der Waals surface area contributed by atoms with E-state index in [9.17, 15) is 57.3 Å². The first-order chi connectivity index (χ1) is 9.68. The smallest absolute Gasteiger partial charge is 0.286 e. The van der Waals surface area contributed by atoms with Crippen LogP contribution in [-0.4, -0.2) is 43.6 Å².